The number of aromatic nitrogens is 2. The number of aliphatic hydroxyl groups is 1. The van der Waals surface area contributed by atoms with Gasteiger partial charge in [0.25, 0.3) is 5.91 Å². The van der Waals surface area contributed by atoms with E-state index in [2.05, 4.69) is 10.3 Å². The number of carbonyl (C=O) groups is 2. The van der Waals surface area contributed by atoms with Crippen LogP contribution in [0, 0.1) is 0 Å². The van der Waals surface area contributed by atoms with Crippen molar-refractivity contribution in [1.29, 1.82) is 0 Å². The van der Waals surface area contributed by atoms with Crippen LogP contribution in [-0.2, 0) is 14.3 Å². The molecule has 0 aliphatic carbocycles. The van der Waals surface area contributed by atoms with E-state index in [0.717, 1.165) is 16.7 Å². The Bertz CT molecular complexity index is 1100. The van der Waals surface area contributed by atoms with Gasteiger partial charge in [0.2, 0.25) is 0 Å². The van der Waals surface area contributed by atoms with Gasteiger partial charge in [0, 0.05) is 17.9 Å². The second-order valence-electron chi connectivity index (χ2n) is 6.57. The lowest BCUT2D eigenvalue weighted by Crippen LogP contribution is -2.31. The number of methoxy groups -OCH3 is 1. The average molecular weight is 392 g/mol. The van der Waals surface area contributed by atoms with Crippen molar-refractivity contribution in [2.75, 3.05) is 32.1 Å². The van der Waals surface area contributed by atoms with Gasteiger partial charge in [0.15, 0.2) is 0 Å². The summed E-state index contributed by atoms with van der Waals surface area (Å²) in [7, 11) is 1.27. The molecule has 148 valence electrons. The molecule has 0 fully saturated rings. The van der Waals surface area contributed by atoms with Gasteiger partial charge in [0.05, 0.1) is 36.9 Å². The number of fused-ring (bicyclic) bond motifs is 1. The summed E-state index contributed by atoms with van der Waals surface area (Å²) in [5, 5.41) is 12.2. The third kappa shape index (κ3) is 3.45. The van der Waals surface area contributed by atoms with E-state index in [1.807, 2.05) is 53.1 Å². The maximum absolute atomic E-state index is 12.6. The van der Waals surface area contributed by atoms with Crippen molar-refractivity contribution in [3.05, 3.63) is 66.1 Å². The maximum Gasteiger partial charge on any atom is 0.337 e. The van der Waals surface area contributed by atoms with E-state index >= 15 is 0 Å². The molecule has 8 heteroatoms. The minimum absolute atomic E-state index is 0.105. The summed E-state index contributed by atoms with van der Waals surface area (Å²) in [6.45, 7) is 0.0751. The normalized spacial score (nSPS) is 14.0. The van der Waals surface area contributed by atoms with E-state index in [9.17, 15) is 9.59 Å². The van der Waals surface area contributed by atoms with Crippen LogP contribution in [-0.4, -0.2) is 58.2 Å². The molecule has 0 saturated carbocycles. The van der Waals surface area contributed by atoms with Crippen LogP contribution in [0.25, 0.3) is 16.7 Å². The minimum Gasteiger partial charge on any atom is -0.466 e. The van der Waals surface area contributed by atoms with Gasteiger partial charge in [-0.25, -0.2) is 9.78 Å². The van der Waals surface area contributed by atoms with Crippen molar-refractivity contribution >= 4 is 28.6 Å². The van der Waals surface area contributed by atoms with Crippen molar-refractivity contribution in [3.8, 4) is 5.69 Å². The molecule has 2 heterocycles. The molecule has 0 bridgehead atoms. The summed E-state index contributed by atoms with van der Waals surface area (Å²) < 4.78 is 6.77. The van der Waals surface area contributed by atoms with Crippen LogP contribution in [0.4, 0.5) is 5.69 Å². The Labute approximate surface area is 167 Å². The number of ether oxygens (including phenoxy) is 1. The van der Waals surface area contributed by atoms with Gasteiger partial charge in [-0.1, -0.05) is 12.1 Å². The third-order valence-corrected chi connectivity index (χ3v) is 4.82. The summed E-state index contributed by atoms with van der Waals surface area (Å²) in [5.74, 6) is -0.910. The number of amides is 1. The molecule has 2 aromatic carbocycles. The molecule has 4 rings (SSSR count). The molecule has 3 aromatic rings. The first kappa shape index (κ1) is 18.7. The van der Waals surface area contributed by atoms with Crippen LogP contribution in [0.15, 0.2) is 66.1 Å². The van der Waals surface area contributed by atoms with Gasteiger partial charge in [-0.3, -0.25) is 9.36 Å². The van der Waals surface area contributed by atoms with Crippen molar-refractivity contribution in [2.24, 2.45) is 0 Å². The summed E-state index contributed by atoms with van der Waals surface area (Å²) in [5.41, 5.74) is 3.90. The van der Waals surface area contributed by atoms with E-state index < -0.39 is 5.97 Å². The molecular weight excluding hydrogens is 372 g/mol. The Balaban J connectivity index is 1.60. The molecule has 0 atom stereocenters. The number of imidazole rings is 1. The summed E-state index contributed by atoms with van der Waals surface area (Å²) >= 11 is 0. The van der Waals surface area contributed by atoms with Crippen molar-refractivity contribution in [1.82, 2.24) is 14.5 Å². The van der Waals surface area contributed by atoms with Crippen LogP contribution >= 0.6 is 0 Å². The fourth-order valence-corrected chi connectivity index (χ4v) is 3.36. The molecule has 0 spiro atoms. The Morgan fingerprint density at radius 3 is 2.69 bits per heavy atom. The molecule has 0 saturated heterocycles. The van der Waals surface area contributed by atoms with Crippen LogP contribution in [0.5, 0.6) is 0 Å². The van der Waals surface area contributed by atoms with Gasteiger partial charge in [0.1, 0.15) is 12.0 Å². The number of carbonyl (C=O) groups excluding carboxylic acids is 2. The van der Waals surface area contributed by atoms with Crippen LogP contribution in [0.2, 0.25) is 0 Å². The zero-order valence-corrected chi connectivity index (χ0v) is 15.8. The fourth-order valence-electron chi connectivity index (χ4n) is 3.36. The molecule has 1 aliphatic rings. The van der Waals surface area contributed by atoms with E-state index in [1.54, 1.807) is 6.33 Å². The monoisotopic (exact) mass is 392 g/mol. The number of hydrogen-bond donors (Lipinski definition) is 2. The van der Waals surface area contributed by atoms with E-state index in [0.29, 0.717) is 5.69 Å². The molecule has 0 unspecified atom stereocenters. The molecule has 1 aromatic heterocycles. The highest BCUT2D eigenvalue weighted by atomic mass is 16.5. The zero-order valence-electron chi connectivity index (χ0n) is 15.8. The lowest BCUT2D eigenvalue weighted by Gasteiger charge is -2.15. The lowest BCUT2D eigenvalue weighted by atomic mass is 10.2. The predicted molar refractivity (Wildman–Crippen MR) is 107 cm³/mol. The van der Waals surface area contributed by atoms with E-state index in [1.165, 1.54) is 12.0 Å². The van der Waals surface area contributed by atoms with Gasteiger partial charge in [-0.2, -0.15) is 0 Å². The highest BCUT2D eigenvalue weighted by Crippen LogP contribution is 2.24. The Morgan fingerprint density at radius 1 is 1.21 bits per heavy atom. The molecule has 1 amide bonds. The second kappa shape index (κ2) is 7.76. The number of β-amino-alcohol motifs (C(OH)–C–C–N with tert-alkyl or cyclic N) is 1. The van der Waals surface area contributed by atoms with Gasteiger partial charge in [-0.15, -0.1) is 0 Å². The highest BCUT2D eigenvalue weighted by Gasteiger charge is 2.34. The number of benzene rings is 2. The first-order valence-electron chi connectivity index (χ1n) is 9.13. The maximum atomic E-state index is 12.6. The molecular formula is C21H20N4O4. The molecule has 2 N–H and O–H groups in total. The first-order valence-corrected chi connectivity index (χ1v) is 9.13. The number of rotatable bonds is 6. The highest BCUT2D eigenvalue weighted by molar-refractivity contribution is 6.08. The fraction of sp³-hybridized carbons (Fsp3) is 0.190. The lowest BCUT2D eigenvalue weighted by molar-refractivity contribution is -0.136. The third-order valence-electron chi connectivity index (χ3n) is 4.82. The number of esters is 1. The zero-order chi connectivity index (χ0) is 20.4. The molecule has 8 nitrogen and oxygen atoms in total. The second-order valence-corrected chi connectivity index (χ2v) is 6.57. The number of para-hydroxylation sites is 2. The van der Waals surface area contributed by atoms with Crippen LogP contribution in [0.3, 0.4) is 0 Å². The Kier molecular flexibility index (Phi) is 5.01. The molecule has 1 aliphatic heterocycles. The largest absolute Gasteiger partial charge is 0.466 e. The average Bonchev–Trinajstić information content (AvgIpc) is 3.31. The standard InChI is InChI=1S/C21H20N4O4/c1-29-21(28)16-12-24(10-11-26)20(27)19(16)23-14-6-8-15(9-7-14)25-13-22-17-4-2-3-5-18(17)25/h2-9,13,23,26H,10-12H2,1H3. The number of nitrogens with zero attached hydrogens (tertiary/aromatic N) is 3. The van der Waals surface area contributed by atoms with Gasteiger partial charge < -0.3 is 20.1 Å². The number of anilines is 1. The van der Waals surface area contributed by atoms with Crippen LogP contribution < -0.4 is 5.32 Å². The van der Waals surface area contributed by atoms with E-state index in [-0.39, 0.29) is 36.9 Å². The first-order chi connectivity index (χ1) is 14.1. The van der Waals surface area contributed by atoms with E-state index in [4.69, 9.17) is 9.84 Å². The number of aliphatic hydroxyl groups excluding tert-OH is 1. The Hall–Kier alpha value is -3.65. The van der Waals surface area contributed by atoms with Crippen molar-refractivity contribution in [2.45, 2.75) is 0 Å². The summed E-state index contributed by atoms with van der Waals surface area (Å²) in [4.78, 5) is 30.5. The molecule has 29 heavy (non-hydrogen) atoms. The quantitative estimate of drug-likeness (QED) is 0.620. The summed E-state index contributed by atoms with van der Waals surface area (Å²) in [6.07, 6.45) is 1.76. The minimum atomic E-state index is -0.567. The van der Waals surface area contributed by atoms with Crippen LogP contribution in [0.1, 0.15) is 0 Å². The van der Waals surface area contributed by atoms with Gasteiger partial charge in [-0.05, 0) is 36.4 Å². The Morgan fingerprint density at radius 2 is 1.97 bits per heavy atom. The topological polar surface area (TPSA) is 96.7 Å². The van der Waals surface area contributed by atoms with Gasteiger partial charge >= 0.3 is 5.97 Å². The predicted octanol–water partition coefficient (Wildman–Crippen LogP) is 1.70. The van der Waals surface area contributed by atoms with Crippen molar-refractivity contribution in [3.63, 3.8) is 0 Å². The van der Waals surface area contributed by atoms with Crippen molar-refractivity contribution < 1.29 is 19.4 Å². The number of hydrogen-bond acceptors (Lipinski definition) is 6. The molecule has 0 radical (unpaired) electrons. The SMILES string of the molecule is COC(=O)C1=C(Nc2ccc(-n3cnc4ccccc43)cc2)C(=O)N(CCO)C1. The smallest absolute Gasteiger partial charge is 0.337 e. The number of nitrogens with one attached hydrogen (secondary N) is 1. The summed E-state index contributed by atoms with van der Waals surface area (Å²) in [6, 6.07) is 15.3.